The number of aromatic nitrogens is 1. The zero-order valence-electron chi connectivity index (χ0n) is 9.09. The fourth-order valence-corrected chi connectivity index (χ4v) is 2.27. The van der Waals surface area contributed by atoms with Crippen molar-refractivity contribution in [2.24, 2.45) is 5.41 Å². The normalized spacial score (nSPS) is 17.7. The van der Waals surface area contributed by atoms with Gasteiger partial charge in [-0.15, -0.1) is 0 Å². The van der Waals surface area contributed by atoms with Crippen molar-refractivity contribution in [3.63, 3.8) is 0 Å². The van der Waals surface area contributed by atoms with Crippen molar-refractivity contribution in [2.45, 2.75) is 32.7 Å². The molecule has 2 rings (SSSR count). The standard InChI is InChI=1S/C12H17BrN2/c1-2-12(3-4-12)9-15-7-10-5-11(13)8-14-6-10/h5-6,8,15H,2-4,7,9H2,1H3. The van der Waals surface area contributed by atoms with E-state index in [9.17, 15) is 0 Å². The van der Waals surface area contributed by atoms with Crippen LogP contribution in [0, 0.1) is 5.41 Å². The van der Waals surface area contributed by atoms with E-state index in [0.717, 1.165) is 17.6 Å². The van der Waals surface area contributed by atoms with Gasteiger partial charge in [-0.05, 0) is 52.2 Å². The van der Waals surface area contributed by atoms with E-state index in [1.165, 1.54) is 24.8 Å². The van der Waals surface area contributed by atoms with Crippen LogP contribution in [0.4, 0.5) is 0 Å². The first-order valence-corrected chi connectivity index (χ1v) is 6.34. The highest BCUT2D eigenvalue weighted by Crippen LogP contribution is 2.47. The highest BCUT2D eigenvalue weighted by atomic mass is 79.9. The molecule has 15 heavy (non-hydrogen) atoms. The maximum atomic E-state index is 4.15. The lowest BCUT2D eigenvalue weighted by Gasteiger charge is -2.13. The molecule has 1 aromatic rings. The van der Waals surface area contributed by atoms with Crippen molar-refractivity contribution in [3.8, 4) is 0 Å². The van der Waals surface area contributed by atoms with E-state index < -0.39 is 0 Å². The highest BCUT2D eigenvalue weighted by molar-refractivity contribution is 9.10. The number of halogens is 1. The largest absolute Gasteiger partial charge is 0.312 e. The number of hydrogen-bond donors (Lipinski definition) is 1. The van der Waals surface area contributed by atoms with E-state index in [4.69, 9.17) is 0 Å². The average Bonchev–Trinajstić information content (AvgIpc) is 2.99. The number of rotatable bonds is 5. The summed E-state index contributed by atoms with van der Waals surface area (Å²) in [5.74, 6) is 0. The van der Waals surface area contributed by atoms with Crippen molar-refractivity contribution >= 4 is 15.9 Å². The van der Waals surface area contributed by atoms with Crippen molar-refractivity contribution in [1.29, 1.82) is 0 Å². The molecule has 2 nitrogen and oxygen atoms in total. The summed E-state index contributed by atoms with van der Waals surface area (Å²) < 4.78 is 1.05. The monoisotopic (exact) mass is 268 g/mol. The molecule has 1 fully saturated rings. The minimum Gasteiger partial charge on any atom is -0.312 e. The summed E-state index contributed by atoms with van der Waals surface area (Å²) >= 11 is 3.43. The van der Waals surface area contributed by atoms with Gasteiger partial charge in [0.1, 0.15) is 0 Å². The third-order valence-corrected chi connectivity index (χ3v) is 3.73. The number of nitrogens with one attached hydrogen (secondary N) is 1. The summed E-state index contributed by atoms with van der Waals surface area (Å²) in [4.78, 5) is 4.15. The molecule has 1 aromatic heterocycles. The van der Waals surface area contributed by atoms with Crippen molar-refractivity contribution in [3.05, 3.63) is 28.5 Å². The van der Waals surface area contributed by atoms with Crippen LogP contribution >= 0.6 is 15.9 Å². The predicted molar refractivity (Wildman–Crippen MR) is 65.6 cm³/mol. The number of nitrogens with zero attached hydrogens (tertiary/aromatic N) is 1. The first kappa shape index (κ1) is 11.1. The summed E-state index contributed by atoms with van der Waals surface area (Å²) in [5, 5.41) is 3.52. The Morgan fingerprint density at radius 2 is 2.27 bits per heavy atom. The lowest BCUT2D eigenvalue weighted by Crippen LogP contribution is -2.23. The van der Waals surface area contributed by atoms with Gasteiger partial charge in [-0.1, -0.05) is 6.92 Å². The van der Waals surface area contributed by atoms with Crippen molar-refractivity contribution in [1.82, 2.24) is 10.3 Å². The summed E-state index contributed by atoms with van der Waals surface area (Å²) in [6, 6.07) is 2.12. The average molecular weight is 269 g/mol. The van der Waals surface area contributed by atoms with E-state index in [0.29, 0.717) is 5.41 Å². The molecule has 1 saturated carbocycles. The summed E-state index contributed by atoms with van der Waals surface area (Å²) in [6.07, 6.45) is 7.83. The Kier molecular flexibility index (Phi) is 3.42. The van der Waals surface area contributed by atoms with Gasteiger partial charge in [0.2, 0.25) is 0 Å². The second-order valence-electron chi connectivity index (χ2n) is 4.47. The van der Waals surface area contributed by atoms with Crippen LogP contribution in [0.25, 0.3) is 0 Å². The molecule has 1 aliphatic rings. The van der Waals surface area contributed by atoms with E-state index in [2.05, 4.69) is 39.2 Å². The Balaban J connectivity index is 1.78. The smallest absolute Gasteiger partial charge is 0.0410 e. The van der Waals surface area contributed by atoms with Crippen LogP contribution < -0.4 is 5.32 Å². The van der Waals surface area contributed by atoms with Gasteiger partial charge in [0.25, 0.3) is 0 Å². The molecular formula is C12H17BrN2. The molecule has 1 heterocycles. The van der Waals surface area contributed by atoms with Gasteiger partial charge in [-0.25, -0.2) is 0 Å². The van der Waals surface area contributed by atoms with Gasteiger partial charge < -0.3 is 5.32 Å². The molecule has 0 aliphatic heterocycles. The Morgan fingerprint density at radius 1 is 1.47 bits per heavy atom. The van der Waals surface area contributed by atoms with Crippen LogP contribution in [0.2, 0.25) is 0 Å². The van der Waals surface area contributed by atoms with Crippen molar-refractivity contribution < 1.29 is 0 Å². The van der Waals surface area contributed by atoms with Crippen LogP contribution in [-0.2, 0) is 6.54 Å². The first-order chi connectivity index (χ1) is 7.24. The van der Waals surface area contributed by atoms with Gasteiger partial charge >= 0.3 is 0 Å². The summed E-state index contributed by atoms with van der Waals surface area (Å²) in [6.45, 7) is 4.36. The molecule has 82 valence electrons. The van der Waals surface area contributed by atoms with Gasteiger partial charge in [0.05, 0.1) is 0 Å². The molecule has 0 saturated heterocycles. The van der Waals surface area contributed by atoms with Gasteiger partial charge in [-0.3, -0.25) is 4.98 Å². The minimum atomic E-state index is 0.624. The lowest BCUT2D eigenvalue weighted by atomic mass is 10.0. The van der Waals surface area contributed by atoms with Crippen LogP contribution in [0.1, 0.15) is 31.7 Å². The predicted octanol–water partition coefficient (Wildman–Crippen LogP) is 3.12. The van der Waals surface area contributed by atoms with Crippen LogP contribution in [0.15, 0.2) is 22.9 Å². The number of pyridine rings is 1. The molecule has 0 amide bonds. The molecular weight excluding hydrogens is 252 g/mol. The second kappa shape index (κ2) is 4.62. The third-order valence-electron chi connectivity index (χ3n) is 3.30. The van der Waals surface area contributed by atoms with E-state index in [1.54, 1.807) is 0 Å². The molecule has 1 aliphatic carbocycles. The fraction of sp³-hybridized carbons (Fsp3) is 0.583. The maximum Gasteiger partial charge on any atom is 0.0410 e. The molecule has 0 unspecified atom stereocenters. The lowest BCUT2D eigenvalue weighted by molar-refractivity contribution is 0.443. The van der Waals surface area contributed by atoms with Gasteiger partial charge in [-0.2, -0.15) is 0 Å². The second-order valence-corrected chi connectivity index (χ2v) is 5.38. The molecule has 0 aromatic carbocycles. The van der Waals surface area contributed by atoms with E-state index >= 15 is 0 Å². The fourth-order valence-electron chi connectivity index (χ4n) is 1.86. The SMILES string of the molecule is CCC1(CNCc2cncc(Br)c2)CC1. The Hall–Kier alpha value is -0.410. The van der Waals surface area contributed by atoms with E-state index in [-0.39, 0.29) is 0 Å². The number of hydrogen-bond acceptors (Lipinski definition) is 2. The Morgan fingerprint density at radius 3 is 2.87 bits per heavy atom. The van der Waals surface area contributed by atoms with E-state index in [1.807, 2.05) is 12.4 Å². The van der Waals surface area contributed by atoms with Crippen molar-refractivity contribution in [2.75, 3.05) is 6.54 Å². The third kappa shape index (κ3) is 3.02. The van der Waals surface area contributed by atoms with Gasteiger partial charge in [0.15, 0.2) is 0 Å². The molecule has 0 bridgehead atoms. The topological polar surface area (TPSA) is 24.9 Å². The highest BCUT2D eigenvalue weighted by Gasteiger charge is 2.39. The molecule has 0 atom stereocenters. The first-order valence-electron chi connectivity index (χ1n) is 5.54. The molecule has 0 spiro atoms. The van der Waals surface area contributed by atoms with Crippen LogP contribution in [-0.4, -0.2) is 11.5 Å². The Labute approximate surface area is 99.6 Å². The summed E-state index contributed by atoms with van der Waals surface area (Å²) in [5.41, 5.74) is 1.87. The molecule has 1 N–H and O–H groups in total. The van der Waals surface area contributed by atoms with Crippen LogP contribution in [0.5, 0.6) is 0 Å². The molecule has 3 heteroatoms. The maximum absolute atomic E-state index is 4.15. The van der Waals surface area contributed by atoms with Gasteiger partial charge in [0, 0.05) is 30.0 Å². The molecule has 0 radical (unpaired) electrons. The van der Waals surface area contributed by atoms with Crippen LogP contribution in [0.3, 0.4) is 0 Å². The Bertz CT molecular complexity index is 334. The zero-order valence-corrected chi connectivity index (χ0v) is 10.7. The summed E-state index contributed by atoms with van der Waals surface area (Å²) in [7, 11) is 0. The minimum absolute atomic E-state index is 0.624. The quantitative estimate of drug-likeness (QED) is 0.888. The zero-order chi connectivity index (χ0) is 10.7.